The molecule has 0 aliphatic rings. The maximum absolute atomic E-state index is 12.5. The Hall–Kier alpha value is -0.940. The van der Waals surface area contributed by atoms with Crippen molar-refractivity contribution < 1.29 is 8.42 Å². The maximum Gasteiger partial charge on any atom is 0.241 e. The average molecular weight is 374 g/mol. The number of benzene rings is 1. The molecule has 0 aromatic heterocycles. The zero-order valence-electron chi connectivity index (χ0n) is 12.4. The first kappa shape index (κ1) is 18.1. The average Bonchev–Trinajstić information content (AvgIpc) is 2.36. The molecule has 0 bridgehead atoms. The third-order valence-corrected chi connectivity index (χ3v) is 5.08. The molecule has 116 valence electrons. The van der Waals surface area contributed by atoms with Gasteiger partial charge in [-0.15, -0.1) is 0 Å². The van der Waals surface area contributed by atoms with Gasteiger partial charge in [-0.2, -0.15) is 5.26 Å². The van der Waals surface area contributed by atoms with Gasteiger partial charge in [-0.05, 0) is 37.5 Å². The number of nitrogens with zero attached hydrogens (tertiary/aromatic N) is 1. The van der Waals surface area contributed by atoms with Crippen LogP contribution in [0.4, 0.5) is 0 Å². The second kappa shape index (κ2) is 6.88. The van der Waals surface area contributed by atoms with E-state index >= 15 is 0 Å². The summed E-state index contributed by atoms with van der Waals surface area (Å²) in [5, 5.41) is 8.94. The van der Waals surface area contributed by atoms with Crippen LogP contribution in [0.5, 0.6) is 0 Å². The highest BCUT2D eigenvalue weighted by atomic mass is 79.9. The van der Waals surface area contributed by atoms with Crippen molar-refractivity contribution in [3.8, 4) is 6.07 Å². The van der Waals surface area contributed by atoms with Gasteiger partial charge in [-0.3, -0.25) is 0 Å². The van der Waals surface area contributed by atoms with Gasteiger partial charge in [0.25, 0.3) is 0 Å². The van der Waals surface area contributed by atoms with Gasteiger partial charge in [-0.1, -0.05) is 29.8 Å². The Morgan fingerprint density at radius 2 is 2.05 bits per heavy atom. The number of hydrogen-bond donors (Lipinski definition) is 2. The van der Waals surface area contributed by atoms with E-state index in [1.807, 2.05) is 19.9 Å². The summed E-state index contributed by atoms with van der Waals surface area (Å²) in [7, 11) is -3.74. The Balaban J connectivity index is 3.17. The minimum Gasteiger partial charge on any atom is -0.329 e. The largest absolute Gasteiger partial charge is 0.329 e. The topological polar surface area (TPSA) is 96.0 Å². The molecule has 1 unspecified atom stereocenters. The normalized spacial score (nSPS) is 14.7. The van der Waals surface area contributed by atoms with Crippen molar-refractivity contribution in [2.45, 2.75) is 37.6 Å². The number of nitrogens with two attached hydrogens (primary N) is 1. The number of nitrogens with one attached hydrogen (secondary N) is 1. The summed E-state index contributed by atoms with van der Waals surface area (Å²) in [5.41, 5.74) is 5.30. The molecule has 0 aliphatic carbocycles. The summed E-state index contributed by atoms with van der Waals surface area (Å²) in [6, 6.07) is 6.32. The van der Waals surface area contributed by atoms with Crippen LogP contribution in [0.25, 0.3) is 0 Å². The predicted octanol–water partition coefficient (Wildman–Crippen LogP) is 2.36. The Morgan fingerprint density at radius 1 is 1.43 bits per heavy atom. The van der Waals surface area contributed by atoms with E-state index in [2.05, 4.69) is 20.7 Å². The van der Waals surface area contributed by atoms with E-state index in [-0.39, 0.29) is 17.0 Å². The molecule has 0 radical (unpaired) electrons. The van der Waals surface area contributed by atoms with Gasteiger partial charge < -0.3 is 5.73 Å². The minimum absolute atomic E-state index is 0.0526. The first-order valence-electron chi connectivity index (χ1n) is 6.56. The Labute approximate surface area is 134 Å². The lowest BCUT2D eigenvalue weighted by Crippen LogP contribution is -2.52. The quantitative estimate of drug-likeness (QED) is 0.799. The summed E-state index contributed by atoms with van der Waals surface area (Å²) in [5.74, 6) is 0.304. The van der Waals surface area contributed by atoms with E-state index in [0.717, 1.165) is 0 Å². The van der Waals surface area contributed by atoms with Crippen LogP contribution >= 0.6 is 15.9 Å². The lowest BCUT2D eigenvalue weighted by atomic mass is 9.92. The Bertz CT molecular complexity index is 653. The maximum atomic E-state index is 12.5. The molecule has 21 heavy (non-hydrogen) atoms. The van der Waals surface area contributed by atoms with Crippen LogP contribution in [0.2, 0.25) is 0 Å². The molecule has 0 saturated carbocycles. The molecule has 1 aromatic rings. The third kappa shape index (κ3) is 5.08. The Morgan fingerprint density at radius 3 is 2.52 bits per heavy atom. The molecule has 0 spiro atoms. The zero-order chi connectivity index (χ0) is 16.3. The van der Waals surface area contributed by atoms with Crippen LogP contribution in [0, 0.1) is 17.2 Å². The van der Waals surface area contributed by atoms with E-state index < -0.39 is 15.6 Å². The van der Waals surface area contributed by atoms with Crippen molar-refractivity contribution in [3.63, 3.8) is 0 Å². The van der Waals surface area contributed by atoms with Crippen LogP contribution in [0.1, 0.15) is 32.8 Å². The number of sulfonamides is 1. The third-order valence-electron chi connectivity index (χ3n) is 3.00. The van der Waals surface area contributed by atoms with Gasteiger partial charge >= 0.3 is 0 Å². The van der Waals surface area contributed by atoms with Crippen LogP contribution < -0.4 is 10.5 Å². The van der Waals surface area contributed by atoms with E-state index in [1.165, 1.54) is 12.1 Å². The molecule has 1 atom stereocenters. The number of nitriles is 1. The van der Waals surface area contributed by atoms with Gasteiger partial charge in [0.2, 0.25) is 10.0 Å². The predicted molar refractivity (Wildman–Crippen MR) is 86.1 cm³/mol. The van der Waals surface area contributed by atoms with Crippen LogP contribution in [0.3, 0.4) is 0 Å². The zero-order valence-corrected chi connectivity index (χ0v) is 14.8. The summed E-state index contributed by atoms with van der Waals surface area (Å²) < 4.78 is 28.2. The van der Waals surface area contributed by atoms with Crippen LogP contribution in [0.15, 0.2) is 27.6 Å². The van der Waals surface area contributed by atoms with Gasteiger partial charge in [0, 0.05) is 16.6 Å². The molecule has 5 nitrogen and oxygen atoms in total. The minimum atomic E-state index is -3.74. The standard InChI is InChI=1S/C14H20BrN3O2S/c1-10(2)7-14(3,9-17)18-21(19,20)13-5-11(8-16)4-12(15)6-13/h4-6,10,18H,7,9,17H2,1-3H3. The van der Waals surface area contributed by atoms with Gasteiger partial charge in [0.15, 0.2) is 0 Å². The smallest absolute Gasteiger partial charge is 0.241 e. The summed E-state index contributed by atoms with van der Waals surface area (Å²) in [6.07, 6.45) is 0.627. The van der Waals surface area contributed by atoms with Crippen molar-refractivity contribution in [2.75, 3.05) is 6.54 Å². The first-order valence-corrected chi connectivity index (χ1v) is 8.84. The fourth-order valence-corrected chi connectivity index (χ4v) is 4.38. The fraction of sp³-hybridized carbons (Fsp3) is 0.500. The summed E-state index contributed by atoms with van der Waals surface area (Å²) >= 11 is 3.22. The van der Waals surface area contributed by atoms with Gasteiger partial charge in [0.05, 0.1) is 16.5 Å². The highest BCUT2D eigenvalue weighted by Gasteiger charge is 2.30. The van der Waals surface area contributed by atoms with Crippen LogP contribution in [-0.4, -0.2) is 20.5 Å². The lowest BCUT2D eigenvalue weighted by Gasteiger charge is -2.30. The molecule has 7 heteroatoms. The lowest BCUT2D eigenvalue weighted by molar-refractivity contribution is 0.344. The number of halogens is 1. The molecule has 0 fully saturated rings. The monoisotopic (exact) mass is 373 g/mol. The molecule has 0 heterocycles. The molecule has 1 rings (SSSR count). The van der Waals surface area contributed by atoms with Crippen LogP contribution in [-0.2, 0) is 10.0 Å². The first-order chi connectivity index (χ1) is 9.62. The van der Waals surface area contributed by atoms with E-state index in [0.29, 0.717) is 16.8 Å². The molecule has 0 saturated heterocycles. The number of rotatable bonds is 6. The van der Waals surface area contributed by atoms with Crippen molar-refractivity contribution in [3.05, 3.63) is 28.2 Å². The Kier molecular flexibility index (Phi) is 5.93. The van der Waals surface area contributed by atoms with Gasteiger partial charge in [-0.25, -0.2) is 13.1 Å². The highest BCUT2D eigenvalue weighted by Crippen LogP contribution is 2.23. The van der Waals surface area contributed by atoms with E-state index in [4.69, 9.17) is 11.0 Å². The summed E-state index contributed by atoms with van der Waals surface area (Å²) in [6.45, 7) is 6.00. The van der Waals surface area contributed by atoms with E-state index in [9.17, 15) is 8.42 Å². The molecule has 3 N–H and O–H groups in total. The molecular weight excluding hydrogens is 354 g/mol. The van der Waals surface area contributed by atoms with Crippen molar-refractivity contribution in [1.29, 1.82) is 5.26 Å². The SMILES string of the molecule is CC(C)CC(C)(CN)NS(=O)(=O)c1cc(Br)cc(C#N)c1. The van der Waals surface area contributed by atoms with E-state index in [1.54, 1.807) is 13.0 Å². The second-order valence-corrected chi connectivity index (χ2v) is 8.35. The van der Waals surface area contributed by atoms with Crippen molar-refractivity contribution in [2.24, 2.45) is 11.7 Å². The molecule has 0 aliphatic heterocycles. The van der Waals surface area contributed by atoms with Crippen molar-refractivity contribution >= 4 is 26.0 Å². The molecule has 1 aromatic carbocycles. The summed E-state index contributed by atoms with van der Waals surface area (Å²) in [4.78, 5) is 0.0526. The second-order valence-electron chi connectivity index (χ2n) is 5.76. The fourth-order valence-electron chi connectivity index (χ4n) is 2.23. The van der Waals surface area contributed by atoms with Crippen molar-refractivity contribution in [1.82, 2.24) is 4.72 Å². The highest BCUT2D eigenvalue weighted by molar-refractivity contribution is 9.10. The molecular formula is C14H20BrN3O2S. The van der Waals surface area contributed by atoms with Gasteiger partial charge in [0.1, 0.15) is 0 Å². The number of hydrogen-bond acceptors (Lipinski definition) is 4. The molecule has 0 amide bonds.